The second-order valence-corrected chi connectivity index (χ2v) is 10.5. The van der Waals surface area contributed by atoms with Crippen LogP contribution < -0.4 is 14.2 Å². The van der Waals surface area contributed by atoms with Crippen molar-refractivity contribution in [2.45, 2.75) is 13.8 Å². The topological polar surface area (TPSA) is 80.3 Å². The molecule has 0 amide bonds. The van der Waals surface area contributed by atoms with Crippen LogP contribution in [0.4, 0.5) is 0 Å². The van der Waals surface area contributed by atoms with Crippen LogP contribution in [0.3, 0.4) is 0 Å². The fourth-order valence-electron chi connectivity index (χ4n) is 2.41. The van der Waals surface area contributed by atoms with Crippen LogP contribution >= 0.6 is 63.7 Å². The maximum absolute atomic E-state index is 11.4. The van der Waals surface area contributed by atoms with E-state index >= 15 is 0 Å². The first-order valence-corrected chi connectivity index (χ1v) is 13.2. The van der Waals surface area contributed by atoms with Gasteiger partial charge in [-0.25, -0.2) is 9.59 Å². The largest absolute Gasteiger partial charge is 0.488 e. The van der Waals surface area contributed by atoms with Crippen molar-refractivity contribution >= 4 is 75.7 Å². The molecule has 0 bridgehead atoms. The van der Waals surface area contributed by atoms with Gasteiger partial charge < -0.3 is 23.7 Å². The molecule has 0 unspecified atom stereocenters. The lowest BCUT2D eigenvalue weighted by Gasteiger charge is -2.15. The molecule has 0 heterocycles. The van der Waals surface area contributed by atoms with Crippen LogP contribution in [0.1, 0.15) is 13.8 Å². The molecule has 2 aromatic carbocycles. The molecule has 2 rings (SSSR count). The van der Waals surface area contributed by atoms with Gasteiger partial charge in [-0.05, 0) is 102 Å². The zero-order valence-electron chi connectivity index (χ0n) is 18.9. The van der Waals surface area contributed by atoms with Gasteiger partial charge in [0, 0.05) is 11.1 Å². The SMILES string of the molecule is C=C(C)C(=O)OCCOc1c(Br)cc(Oc2cc(Br)c(OCCOC(=O)C(=C)C)c(Br)c2)cc1Br. The molecule has 0 N–H and O–H groups in total. The van der Waals surface area contributed by atoms with Gasteiger partial charge in [0.2, 0.25) is 0 Å². The molecular formula is C24H22Br4O7. The molecule has 2 aromatic rings. The highest BCUT2D eigenvalue weighted by molar-refractivity contribution is 9.11. The first-order valence-electron chi connectivity index (χ1n) is 10.1. The number of hydrogen-bond donors (Lipinski definition) is 0. The Labute approximate surface area is 237 Å². The third-order valence-corrected chi connectivity index (χ3v) is 6.36. The molecule has 35 heavy (non-hydrogen) atoms. The molecule has 0 aliphatic heterocycles. The van der Waals surface area contributed by atoms with Crippen molar-refractivity contribution in [1.29, 1.82) is 0 Å². The van der Waals surface area contributed by atoms with Gasteiger partial charge in [0.1, 0.15) is 49.4 Å². The summed E-state index contributed by atoms with van der Waals surface area (Å²) < 4.78 is 30.1. The molecule has 0 fully saturated rings. The van der Waals surface area contributed by atoms with Crippen molar-refractivity contribution in [3.05, 3.63) is 66.5 Å². The normalized spacial score (nSPS) is 10.3. The van der Waals surface area contributed by atoms with Gasteiger partial charge in [0.15, 0.2) is 0 Å². The monoisotopic (exact) mass is 738 g/mol. The first kappa shape index (κ1) is 29.4. The Kier molecular flexibility index (Phi) is 11.8. The van der Waals surface area contributed by atoms with E-state index in [4.69, 9.17) is 23.7 Å². The molecule has 0 saturated heterocycles. The Balaban J connectivity index is 1.99. The van der Waals surface area contributed by atoms with Gasteiger partial charge in [0.25, 0.3) is 0 Å². The average molecular weight is 742 g/mol. The van der Waals surface area contributed by atoms with Gasteiger partial charge in [-0.15, -0.1) is 0 Å². The third kappa shape index (κ3) is 9.29. The number of carbonyl (C=O) groups excluding carboxylic acids is 2. The van der Waals surface area contributed by atoms with Crippen molar-refractivity contribution in [2.75, 3.05) is 26.4 Å². The van der Waals surface area contributed by atoms with Crippen LogP contribution in [0.5, 0.6) is 23.0 Å². The minimum atomic E-state index is -0.463. The summed E-state index contributed by atoms with van der Waals surface area (Å²) in [5.74, 6) is 1.25. The maximum Gasteiger partial charge on any atom is 0.333 e. The molecular weight excluding hydrogens is 720 g/mol. The smallest absolute Gasteiger partial charge is 0.333 e. The molecule has 0 spiro atoms. The summed E-state index contributed by atoms with van der Waals surface area (Å²) in [6.07, 6.45) is 0. The zero-order valence-corrected chi connectivity index (χ0v) is 25.3. The second-order valence-electron chi connectivity index (χ2n) is 7.06. The number of rotatable bonds is 12. The van der Waals surface area contributed by atoms with Crippen LogP contribution in [0.25, 0.3) is 0 Å². The lowest BCUT2D eigenvalue weighted by molar-refractivity contribution is -0.140. The zero-order chi connectivity index (χ0) is 26.1. The molecule has 11 heteroatoms. The standard InChI is InChI=1S/C24H22Br4O7/c1-13(2)23(29)33-7-5-31-21-17(25)9-15(10-18(21)26)35-16-11-19(27)22(20(28)12-16)32-6-8-34-24(30)14(3)4/h9-12H,1,3,5-8H2,2,4H3. The van der Waals surface area contributed by atoms with Crippen molar-refractivity contribution in [1.82, 2.24) is 0 Å². The minimum absolute atomic E-state index is 0.0929. The van der Waals surface area contributed by atoms with E-state index in [1.807, 2.05) is 0 Å². The lowest BCUT2D eigenvalue weighted by atomic mass is 10.3. The summed E-state index contributed by atoms with van der Waals surface area (Å²) in [5.41, 5.74) is 0.659. The Bertz CT molecular complexity index is 997. The number of ether oxygens (including phenoxy) is 5. The molecule has 0 aliphatic rings. The fraction of sp³-hybridized carbons (Fsp3) is 0.250. The summed E-state index contributed by atoms with van der Waals surface area (Å²) in [7, 11) is 0. The quantitative estimate of drug-likeness (QED) is 0.127. The summed E-state index contributed by atoms with van der Waals surface area (Å²) >= 11 is 13.9. The fourth-order valence-corrected chi connectivity index (χ4v) is 5.15. The predicted molar refractivity (Wildman–Crippen MR) is 146 cm³/mol. The number of esters is 2. The lowest BCUT2D eigenvalue weighted by Crippen LogP contribution is -2.12. The molecule has 7 nitrogen and oxygen atoms in total. The Morgan fingerprint density at radius 2 is 0.971 bits per heavy atom. The predicted octanol–water partition coefficient (Wildman–Crippen LogP) is 7.53. The molecule has 0 atom stereocenters. The molecule has 0 saturated carbocycles. The number of carbonyl (C=O) groups is 2. The Hall–Kier alpha value is -1.82. The van der Waals surface area contributed by atoms with Gasteiger partial charge >= 0.3 is 11.9 Å². The van der Waals surface area contributed by atoms with Crippen molar-refractivity contribution in [3.8, 4) is 23.0 Å². The van der Waals surface area contributed by atoms with Crippen LogP contribution in [0, 0.1) is 0 Å². The summed E-state index contributed by atoms with van der Waals surface area (Å²) in [4.78, 5) is 22.9. The van der Waals surface area contributed by atoms with E-state index in [1.54, 1.807) is 38.1 Å². The van der Waals surface area contributed by atoms with Crippen molar-refractivity contribution in [3.63, 3.8) is 0 Å². The summed E-state index contributed by atoms with van der Waals surface area (Å²) in [5, 5.41) is 0. The molecule has 0 aromatic heterocycles. The molecule has 188 valence electrons. The number of hydrogen-bond acceptors (Lipinski definition) is 7. The van der Waals surface area contributed by atoms with Crippen LogP contribution in [0.15, 0.2) is 66.5 Å². The van der Waals surface area contributed by atoms with E-state index in [0.717, 1.165) is 0 Å². The third-order valence-electron chi connectivity index (χ3n) is 4.00. The number of benzene rings is 2. The van der Waals surface area contributed by atoms with Crippen LogP contribution in [-0.4, -0.2) is 38.4 Å². The van der Waals surface area contributed by atoms with E-state index in [0.29, 0.717) is 52.0 Å². The van der Waals surface area contributed by atoms with Crippen LogP contribution in [-0.2, 0) is 19.1 Å². The highest BCUT2D eigenvalue weighted by atomic mass is 79.9. The van der Waals surface area contributed by atoms with Gasteiger partial charge in [0.05, 0.1) is 17.9 Å². The van der Waals surface area contributed by atoms with E-state index in [1.165, 1.54) is 0 Å². The average Bonchev–Trinajstić information content (AvgIpc) is 2.76. The number of halogens is 4. The van der Waals surface area contributed by atoms with E-state index in [2.05, 4.69) is 76.9 Å². The Morgan fingerprint density at radius 3 is 1.26 bits per heavy atom. The van der Waals surface area contributed by atoms with E-state index in [-0.39, 0.29) is 26.4 Å². The first-order chi connectivity index (χ1) is 16.5. The molecule has 0 radical (unpaired) electrons. The van der Waals surface area contributed by atoms with Gasteiger partial charge in [-0.1, -0.05) is 13.2 Å². The molecule has 0 aliphatic carbocycles. The van der Waals surface area contributed by atoms with E-state index < -0.39 is 11.9 Å². The van der Waals surface area contributed by atoms with Gasteiger partial charge in [-0.2, -0.15) is 0 Å². The highest BCUT2D eigenvalue weighted by Gasteiger charge is 2.14. The van der Waals surface area contributed by atoms with E-state index in [9.17, 15) is 9.59 Å². The maximum atomic E-state index is 11.4. The minimum Gasteiger partial charge on any atom is -0.488 e. The Morgan fingerprint density at radius 1 is 0.657 bits per heavy atom. The van der Waals surface area contributed by atoms with Gasteiger partial charge in [-0.3, -0.25) is 0 Å². The van der Waals surface area contributed by atoms with Crippen molar-refractivity contribution in [2.24, 2.45) is 0 Å². The highest BCUT2D eigenvalue weighted by Crippen LogP contribution is 2.41. The summed E-state index contributed by atoms with van der Waals surface area (Å²) in [6.45, 7) is 10.8. The second kappa shape index (κ2) is 14.1. The summed E-state index contributed by atoms with van der Waals surface area (Å²) in [6, 6.07) is 7.01. The van der Waals surface area contributed by atoms with Crippen molar-refractivity contribution < 1.29 is 33.3 Å². The van der Waals surface area contributed by atoms with Crippen LogP contribution in [0.2, 0.25) is 0 Å².